The number of nitrogens with zero attached hydrogens (tertiary/aromatic N) is 2. The fourth-order valence-corrected chi connectivity index (χ4v) is 4.01. The summed E-state index contributed by atoms with van der Waals surface area (Å²) in [6.07, 6.45) is 3.93. The first-order chi connectivity index (χ1) is 21.0. The lowest BCUT2D eigenvalue weighted by Gasteiger charge is -2.16. The normalized spacial score (nSPS) is 11.4. The van der Waals surface area contributed by atoms with Crippen molar-refractivity contribution in [3.05, 3.63) is 102 Å². The maximum absolute atomic E-state index is 13.0. The van der Waals surface area contributed by atoms with Gasteiger partial charge in [0.25, 0.3) is 5.91 Å². The lowest BCUT2D eigenvalue weighted by atomic mass is 10.1. The largest absolute Gasteiger partial charge is 0.497 e. The summed E-state index contributed by atoms with van der Waals surface area (Å²) in [4.78, 5) is 32.3. The molecule has 1 atom stereocenters. The van der Waals surface area contributed by atoms with Crippen LogP contribution in [0.5, 0.6) is 23.0 Å². The Balaban J connectivity index is 1.37. The van der Waals surface area contributed by atoms with Gasteiger partial charge in [-0.05, 0) is 47.5 Å². The third kappa shape index (κ3) is 8.98. The van der Waals surface area contributed by atoms with Crippen LogP contribution in [0.4, 0.5) is 4.79 Å². The van der Waals surface area contributed by atoms with Gasteiger partial charge in [0.1, 0.15) is 30.8 Å². The average Bonchev–Trinajstić information content (AvgIpc) is 3.56. The highest BCUT2D eigenvalue weighted by atomic mass is 16.5. The second-order valence-corrected chi connectivity index (χ2v) is 9.15. The minimum absolute atomic E-state index is 0.0673. The Morgan fingerprint density at radius 3 is 2.44 bits per heavy atom. The van der Waals surface area contributed by atoms with Crippen LogP contribution in [0.15, 0.2) is 84.4 Å². The number of ether oxygens (including phenoxy) is 5. The SMILES string of the molecule is COc1ccc(OC)c(COc2ccc(/C=N\NC(=O)[C@H](Cc3cnc[nH]3)NC(=O)OCc3ccccc3)cc2OC)c1. The van der Waals surface area contributed by atoms with Gasteiger partial charge in [0.2, 0.25) is 0 Å². The molecule has 1 heterocycles. The van der Waals surface area contributed by atoms with Crippen LogP contribution in [0.1, 0.15) is 22.4 Å². The van der Waals surface area contributed by atoms with E-state index in [9.17, 15) is 9.59 Å². The number of aromatic nitrogens is 2. The molecule has 1 aromatic heterocycles. The molecule has 224 valence electrons. The minimum Gasteiger partial charge on any atom is -0.497 e. The molecular formula is C31H33N5O7. The van der Waals surface area contributed by atoms with Gasteiger partial charge < -0.3 is 34.0 Å². The van der Waals surface area contributed by atoms with Crippen molar-refractivity contribution in [3.63, 3.8) is 0 Å². The zero-order valence-electron chi connectivity index (χ0n) is 24.0. The molecule has 0 bridgehead atoms. The summed E-state index contributed by atoms with van der Waals surface area (Å²) in [5, 5.41) is 6.66. The number of amides is 2. The number of hydrogen-bond donors (Lipinski definition) is 3. The van der Waals surface area contributed by atoms with Crippen molar-refractivity contribution in [2.24, 2.45) is 5.10 Å². The van der Waals surface area contributed by atoms with Crippen molar-refractivity contribution in [2.75, 3.05) is 21.3 Å². The van der Waals surface area contributed by atoms with Gasteiger partial charge >= 0.3 is 6.09 Å². The number of carbonyl (C=O) groups is 2. The van der Waals surface area contributed by atoms with E-state index in [0.717, 1.165) is 11.1 Å². The Bertz CT molecular complexity index is 1510. The van der Waals surface area contributed by atoms with Gasteiger partial charge in [-0.3, -0.25) is 4.79 Å². The smallest absolute Gasteiger partial charge is 0.408 e. The monoisotopic (exact) mass is 587 g/mol. The highest BCUT2D eigenvalue weighted by molar-refractivity contribution is 5.87. The topological polar surface area (TPSA) is 145 Å². The molecule has 0 saturated carbocycles. The molecule has 0 unspecified atom stereocenters. The molecule has 12 nitrogen and oxygen atoms in total. The summed E-state index contributed by atoms with van der Waals surface area (Å²) >= 11 is 0. The summed E-state index contributed by atoms with van der Waals surface area (Å²) in [5.41, 5.74) is 5.40. The Hall–Kier alpha value is -5.52. The standard InChI is InChI=1S/C31H33N5O7/c1-39-25-10-12-27(40-2)23(14-25)19-42-28-11-9-22(13-29(28)41-3)16-34-36-30(37)26(15-24-17-32-20-33-24)35-31(38)43-18-21-7-5-4-6-8-21/h4-14,16-17,20,26H,15,18-19H2,1-3H3,(H,32,33)(H,35,38)(H,36,37)/b34-16-/t26-/m0/s1. The number of alkyl carbamates (subject to hydrolysis) is 1. The predicted molar refractivity (Wildman–Crippen MR) is 158 cm³/mol. The summed E-state index contributed by atoms with van der Waals surface area (Å²) in [5.74, 6) is 1.79. The Morgan fingerprint density at radius 1 is 0.930 bits per heavy atom. The van der Waals surface area contributed by atoms with Crippen LogP contribution in [0.3, 0.4) is 0 Å². The Kier molecular flexibility index (Phi) is 11.0. The fraction of sp³-hybridized carbons (Fsp3) is 0.226. The van der Waals surface area contributed by atoms with Gasteiger partial charge in [-0.15, -0.1) is 0 Å². The van der Waals surface area contributed by atoms with Gasteiger partial charge in [-0.2, -0.15) is 5.10 Å². The molecule has 12 heteroatoms. The number of methoxy groups -OCH3 is 3. The number of benzene rings is 3. The maximum Gasteiger partial charge on any atom is 0.408 e. The highest BCUT2D eigenvalue weighted by Crippen LogP contribution is 2.30. The van der Waals surface area contributed by atoms with Gasteiger partial charge in [0.05, 0.1) is 33.9 Å². The Labute approximate surface area is 249 Å². The first-order valence-electron chi connectivity index (χ1n) is 13.3. The number of imidazole rings is 1. The number of aromatic amines is 1. The van der Waals surface area contributed by atoms with Crippen molar-refractivity contribution in [1.82, 2.24) is 20.7 Å². The van der Waals surface area contributed by atoms with E-state index >= 15 is 0 Å². The number of nitrogens with one attached hydrogen (secondary N) is 3. The first kappa shape index (κ1) is 30.4. The molecule has 0 aliphatic carbocycles. The molecule has 4 aromatic rings. The third-order valence-electron chi connectivity index (χ3n) is 6.25. The van der Waals surface area contributed by atoms with E-state index in [2.05, 4.69) is 25.8 Å². The summed E-state index contributed by atoms with van der Waals surface area (Å²) in [7, 11) is 4.71. The molecular weight excluding hydrogens is 554 g/mol. The van der Waals surface area contributed by atoms with Crippen molar-refractivity contribution in [2.45, 2.75) is 25.7 Å². The van der Waals surface area contributed by atoms with E-state index in [4.69, 9.17) is 23.7 Å². The van der Waals surface area contributed by atoms with Crippen LogP contribution in [0.2, 0.25) is 0 Å². The van der Waals surface area contributed by atoms with E-state index in [1.807, 2.05) is 48.5 Å². The summed E-state index contributed by atoms with van der Waals surface area (Å²) in [6.45, 7) is 0.288. The van der Waals surface area contributed by atoms with E-state index in [-0.39, 0.29) is 19.6 Å². The van der Waals surface area contributed by atoms with E-state index in [1.54, 1.807) is 38.6 Å². The molecule has 43 heavy (non-hydrogen) atoms. The van der Waals surface area contributed by atoms with Crippen molar-refractivity contribution in [3.8, 4) is 23.0 Å². The molecule has 0 fully saturated rings. The van der Waals surface area contributed by atoms with Gasteiger partial charge in [-0.25, -0.2) is 15.2 Å². The van der Waals surface area contributed by atoms with Crippen LogP contribution < -0.4 is 29.7 Å². The molecule has 0 aliphatic rings. The van der Waals surface area contributed by atoms with Crippen LogP contribution in [0.25, 0.3) is 0 Å². The third-order valence-corrected chi connectivity index (χ3v) is 6.25. The second-order valence-electron chi connectivity index (χ2n) is 9.15. The number of rotatable bonds is 14. The zero-order chi connectivity index (χ0) is 30.4. The van der Waals surface area contributed by atoms with Gasteiger partial charge in [-0.1, -0.05) is 30.3 Å². The Morgan fingerprint density at radius 2 is 1.72 bits per heavy atom. The lowest BCUT2D eigenvalue weighted by molar-refractivity contribution is -0.123. The minimum atomic E-state index is -0.972. The quantitative estimate of drug-likeness (QED) is 0.148. The average molecular weight is 588 g/mol. The molecule has 3 aromatic carbocycles. The summed E-state index contributed by atoms with van der Waals surface area (Å²) in [6, 6.07) is 18.9. The van der Waals surface area contributed by atoms with Crippen LogP contribution >= 0.6 is 0 Å². The van der Waals surface area contributed by atoms with Crippen molar-refractivity contribution >= 4 is 18.2 Å². The van der Waals surface area contributed by atoms with Crippen molar-refractivity contribution < 1.29 is 33.3 Å². The summed E-state index contributed by atoms with van der Waals surface area (Å²) < 4.78 is 27.5. The fourth-order valence-electron chi connectivity index (χ4n) is 4.01. The predicted octanol–water partition coefficient (Wildman–Crippen LogP) is 4.00. The number of hydrazone groups is 1. The van der Waals surface area contributed by atoms with Crippen LogP contribution in [-0.2, 0) is 29.2 Å². The van der Waals surface area contributed by atoms with E-state index in [0.29, 0.717) is 34.3 Å². The number of hydrogen-bond acceptors (Lipinski definition) is 9. The van der Waals surface area contributed by atoms with Crippen LogP contribution in [0, 0.1) is 0 Å². The first-order valence-corrected chi connectivity index (χ1v) is 13.3. The highest BCUT2D eigenvalue weighted by Gasteiger charge is 2.22. The zero-order valence-corrected chi connectivity index (χ0v) is 24.0. The molecule has 2 amide bonds. The molecule has 4 rings (SSSR count). The van der Waals surface area contributed by atoms with E-state index < -0.39 is 18.0 Å². The van der Waals surface area contributed by atoms with E-state index in [1.165, 1.54) is 19.7 Å². The molecule has 3 N–H and O–H groups in total. The number of H-pyrrole nitrogens is 1. The van der Waals surface area contributed by atoms with Gasteiger partial charge in [0.15, 0.2) is 11.5 Å². The molecule has 0 radical (unpaired) electrons. The molecule has 0 spiro atoms. The maximum atomic E-state index is 13.0. The van der Waals surface area contributed by atoms with Crippen LogP contribution in [-0.4, -0.2) is 55.6 Å². The number of carbonyl (C=O) groups excluding carboxylic acids is 2. The molecule has 0 aliphatic heterocycles. The lowest BCUT2D eigenvalue weighted by Crippen LogP contribution is -2.47. The molecule has 0 saturated heterocycles. The second kappa shape index (κ2) is 15.5. The van der Waals surface area contributed by atoms with Gasteiger partial charge in [0, 0.05) is 23.9 Å². The van der Waals surface area contributed by atoms with Crippen molar-refractivity contribution in [1.29, 1.82) is 0 Å².